The maximum atomic E-state index is 12.7. The van der Waals surface area contributed by atoms with Gasteiger partial charge >= 0.3 is 0 Å². The van der Waals surface area contributed by atoms with E-state index in [4.69, 9.17) is 10.5 Å². The topological polar surface area (TPSA) is 114 Å². The molecular weight excluding hydrogens is 595 g/mol. The minimum absolute atomic E-state index is 0.0458. The van der Waals surface area contributed by atoms with E-state index in [0.29, 0.717) is 24.7 Å². The van der Waals surface area contributed by atoms with Gasteiger partial charge in [-0.15, -0.1) is 0 Å². The number of thioether (sulfide) groups is 1. The van der Waals surface area contributed by atoms with Crippen molar-refractivity contribution < 1.29 is 19.4 Å². The molecule has 0 aromatic carbocycles. The first kappa shape index (κ1) is 42.9. The van der Waals surface area contributed by atoms with Gasteiger partial charge in [-0.1, -0.05) is 142 Å². The van der Waals surface area contributed by atoms with Gasteiger partial charge in [0.1, 0.15) is 0 Å². The first-order chi connectivity index (χ1) is 22.5. The molecule has 2 atom stereocenters. The molecule has 0 saturated heterocycles. The number of aliphatic hydroxyl groups is 1. The molecule has 8 heteroatoms. The van der Waals surface area contributed by atoms with Gasteiger partial charge in [0.25, 0.3) is 0 Å². The van der Waals surface area contributed by atoms with Crippen LogP contribution in [0.15, 0.2) is 12.2 Å². The van der Waals surface area contributed by atoms with Crippen LogP contribution in [0.5, 0.6) is 0 Å². The Labute approximate surface area is 287 Å². The van der Waals surface area contributed by atoms with Crippen molar-refractivity contribution in [1.82, 2.24) is 10.6 Å². The highest BCUT2D eigenvalue weighted by Gasteiger charge is 2.44. The third-order valence-corrected chi connectivity index (χ3v) is 10.3. The lowest BCUT2D eigenvalue weighted by Gasteiger charge is -2.20. The molecule has 1 fully saturated rings. The SMILES string of the molecule is CCCCCCCCCC=CC(=O)N[C@H](COCCCCCCCCCCCCCCCC)CSC[C@H](N)C(=O)NC1(CO)CC1. The Bertz CT molecular complexity index is 762. The third-order valence-electron chi connectivity index (χ3n) is 9.05. The Morgan fingerprint density at radius 3 is 1.78 bits per heavy atom. The fourth-order valence-electron chi connectivity index (χ4n) is 5.66. The van der Waals surface area contributed by atoms with Gasteiger partial charge in [-0.05, 0) is 38.2 Å². The van der Waals surface area contributed by atoms with Crippen molar-refractivity contribution in [3.63, 3.8) is 0 Å². The van der Waals surface area contributed by atoms with Gasteiger partial charge in [-0.3, -0.25) is 9.59 Å². The molecule has 0 radical (unpaired) electrons. The van der Waals surface area contributed by atoms with Crippen LogP contribution in [0.1, 0.15) is 168 Å². The first-order valence-electron chi connectivity index (χ1n) is 19.3. The van der Waals surface area contributed by atoms with Crippen molar-refractivity contribution in [2.75, 3.05) is 31.3 Å². The monoisotopic (exact) mass is 668 g/mol. The fourth-order valence-corrected chi connectivity index (χ4v) is 6.66. The van der Waals surface area contributed by atoms with E-state index in [1.165, 1.54) is 122 Å². The van der Waals surface area contributed by atoms with Crippen LogP contribution < -0.4 is 16.4 Å². The number of carbonyl (C=O) groups is 2. The average molecular weight is 668 g/mol. The standard InChI is InChI=1S/C38H73N3O4S/c1-3-5-7-9-11-13-14-15-16-17-19-21-23-25-29-45-30-34(31-46-32-35(39)37(44)41-38(33-42)27-28-38)40-36(43)26-24-22-20-18-12-10-8-6-4-2/h24,26,34-35,42H,3-23,25,27-33,39H2,1-2H3,(H,40,43)(H,41,44)/t34-,35+/m1/s1. The second kappa shape index (κ2) is 30.0. The number of nitrogens with one attached hydrogen (secondary N) is 2. The lowest BCUT2D eigenvalue weighted by molar-refractivity contribution is -0.123. The minimum Gasteiger partial charge on any atom is -0.394 e. The van der Waals surface area contributed by atoms with E-state index in [0.717, 1.165) is 32.1 Å². The third kappa shape index (κ3) is 25.0. The molecule has 7 nitrogen and oxygen atoms in total. The summed E-state index contributed by atoms with van der Waals surface area (Å²) >= 11 is 1.56. The Kier molecular flexibility index (Phi) is 28.0. The number of aliphatic hydroxyl groups excluding tert-OH is 1. The van der Waals surface area contributed by atoms with Crippen molar-refractivity contribution in [2.45, 2.75) is 186 Å². The Morgan fingerprint density at radius 2 is 1.28 bits per heavy atom. The molecule has 0 bridgehead atoms. The predicted molar refractivity (Wildman–Crippen MR) is 197 cm³/mol. The van der Waals surface area contributed by atoms with Crippen molar-refractivity contribution >= 4 is 23.6 Å². The lowest BCUT2D eigenvalue weighted by atomic mass is 10.0. The summed E-state index contributed by atoms with van der Waals surface area (Å²) in [6.07, 6.45) is 33.7. The maximum Gasteiger partial charge on any atom is 0.243 e. The molecule has 5 N–H and O–H groups in total. The van der Waals surface area contributed by atoms with E-state index in [9.17, 15) is 14.7 Å². The molecule has 1 aliphatic carbocycles. The summed E-state index contributed by atoms with van der Waals surface area (Å²) in [7, 11) is 0. The molecule has 0 spiro atoms. The van der Waals surface area contributed by atoms with E-state index in [2.05, 4.69) is 24.5 Å². The maximum absolute atomic E-state index is 12.7. The number of nitrogens with two attached hydrogens (primary N) is 1. The van der Waals surface area contributed by atoms with Crippen molar-refractivity contribution in [3.05, 3.63) is 12.2 Å². The largest absolute Gasteiger partial charge is 0.394 e. The molecular formula is C38H73N3O4S. The molecule has 270 valence electrons. The van der Waals surface area contributed by atoms with Gasteiger partial charge in [0.15, 0.2) is 0 Å². The van der Waals surface area contributed by atoms with Crippen LogP contribution in [0.3, 0.4) is 0 Å². The van der Waals surface area contributed by atoms with Crippen LogP contribution in [0.25, 0.3) is 0 Å². The van der Waals surface area contributed by atoms with E-state index in [1.54, 1.807) is 17.8 Å². The lowest BCUT2D eigenvalue weighted by Crippen LogP contribution is -2.49. The average Bonchev–Trinajstić information content (AvgIpc) is 3.83. The molecule has 1 rings (SSSR count). The van der Waals surface area contributed by atoms with E-state index >= 15 is 0 Å². The second-order valence-corrected chi connectivity index (χ2v) is 14.8. The van der Waals surface area contributed by atoms with Crippen molar-refractivity contribution in [1.29, 1.82) is 0 Å². The zero-order valence-electron chi connectivity index (χ0n) is 30.0. The first-order valence-corrected chi connectivity index (χ1v) is 20.4. The van der Waals surface area contributed by atoms with Gasteiger partial charge in [0, 0.05) is 18.1 Å². The number of ether oxygens (including phenoxy) is 1. The van der Waals surface area contributed by atoms with Crippen molar-refractivity contribution in [2.24, 2.45) is 5.73 Å². The van der Waals surface area contributed by atoms with Crippen LogP contribution in [0.2, 0.25) is 0 Å². The zero-order valence-corrected chi connectivity index (χ0v) is 30.8. The highest BCUT2D eigenvalue weighted by molar-refractivity contribution is 7.99. The fraction of sp³-hybridized carbons (Fsp3) is 0.895. The molecule has 0 aromatic heterocycles. The number of unbranched alkanes of at least 4 members (excludes halogenated alkanes) is 20. The van der Waals surface area contributed by atoms with E-state index in [1.807, 2.05) is 6.08 Å². The minimum atomic E-state index is -0.649. The molecule has 2 amide bonds. The number of hydrogen-bond acceptors (Lipinski definition) is 6. The Hall–Kier alpha value is -1.09. The highest BCUT2D eigenvalue weighted by atomic mass is 32.2. The molecule has 0 aliphatic heterocycles. The van der Waals surface area contributed by atoms with Crippen LogP contribution in [0, 0.1) is 0 Å². The van der Waals surface area contributed by atoms with Gasteiger partial charge in [-0.25, -0.2) is 0 Å². The molecule has 1 saturated carbocycles. The number of carbonyl (C=O) groups excluding carboxylic acids is 2. The number of hydrogen-bond donors (Lipinski definition) is 4. The van der Waals surface area contributed by atoms with Crippen LogP contribution in [-0.2, 0) is 14.3 Å². The quantitative estimate of drug-likeness (QED) is 0.0405. The van der Waals surface area contributed by atoms with Crippen molar-refractivity contribution in [3.8, 4) is 0 Å². The zero-order chi connectivity index (χ0) is 33.6. The van der Waals surface area contributed by atoms with Crippen LogP contribution in [0.4, 0.5) is 0 Å². The van der Waals surface area contributed by atoms with Gasteiger partial charge in [0.05, 0.1) is 30.8 Å². The molecule has 0 unspecified atom stereocenters. The molecule has 1 aliphatic rings. The predicted octanol–water partition coefficient (Wildman–Crippen LogP) is 8.37. The number of amides is 2. The normalized spacial score (nSPS) is 15.2. The molecule has 0 aromatic rings. The van der Waals surface area contributed by atoms with Gasteiger partial charge in [-0.2, -0.15) is 11.8 Å². The highest BCUT2D eigenvalue weighted by Crippen LogP contribution is 2.34. The second-order valence-electron chi connectivity index (χ2n) is 13.8. The summed E-state index contributed by atoms with van der Waals surface area (Å²) in [5.41, 5.74) is 5.67. The van der Waals surface area contributed by atoms with Crippen LogP contribution >= 0.6 is 11.8 Å². The Morgan fingerprint density at radius 1 is 0.783 bits per heavy atom. The Balaban J connectivity index is 2.25. The van der Waals surface area contributed by atoms with Crippen LogP contribution in [-0.4, -0.2) is 65.9 Å². The smallest absolute Gasteiger partial charge is 0.243 e. The summed E-state index contributed by atoms with van der Waals surface area (Å²) in [6, 6.07) is -0.793. The number of allylic oxidation sites excluding steroid dienone is 1. The summed E-state index contributed by atoms with van der Waals surface area (Å²) in [5, 5.41) is 15.5. The van der Waals surface area contributed by atoms with E-state index in [-0.39, 0.29) is 24.5 Å². The summed E-state index contributed by atoms with van der Waals surface area (Å²) in [5.74, 6) is 0.769. The molecule has 46 heavy (non-hydrogen) atoms. The summed E-state index contributed by atoms with van der Waals surface area (Å²) in [6.45, 7) is 5.63. The molecule has 0 heterocycles. The summed E-state index contributed by atoms with van der Waals surface area (Å²) in [4.78, 5) is 25.1. The van der Waals surface area contributed by atoms with Gasteiger partial charge < -0.3 is 26.2 Å². The number of rotatable bonds is 34. The van der Waals surface area contributed by atoms with Gasteiger partial charge in [0.2, 0.25) is 11.8 Å². The summed E-state index contributed by atoms with van der Waals surface area (Å²) < 4.78 is 6.00. The van der Waals surface area contributed by atoms with E-state index < -0.39 is 11.6 Å².